The van der Waals surface area contributed by atoms with Gasteiger partial charge in [0.15, 0.2) is 11.5 Å². The number of morpholine rings is 1. The zero-order valence-electron chi connectivity index (χ0n) is 33.4. The summed E-state index contributed by atoms with van der Waals surface area (Å²) in [6, 6.07) is 22.5. The van der Waals surface area contributed by atoms with Crippen LogP contribution in [0, 0.1) is 5.92 Å². The van der Waals surface area contributed by atoms with Gasteiger partial charge in [-0.25, -0.2) is 23.1 Å². The molecule has 2 amide bonds. The molecule has 0 saturated carbocycles. The number of aromatic nitrogens is 4. The molecule has 18 heteroatoms. The second-order valence-electron chi connectivity index (χ2n) is 15.1. The summed E-state index contributed by atoms with van der Waals surface area (Å²) in [5.41, 5.74) is 1.38. The predicted molar refractivity (Wildman–Crippen MR) is 229 cm³/mol. The first-order valence-corrected chi connectivity index (χ1v) is 22.5. The highest BCUT2D eigenvalue weighted by atomic mass is 32.2. The number of nitrogens with one attached hydrogen (secondary N) is 2. The number of carbonyl (C=O) groups excluding carboxylic acids is 2. The molecule has 3 aromatic heterocycles. The minimum absolute atomic E-state index is 0.0192. The van der Waals surface area contributed by atoms with Crippen LogP contribution in [0.5, 0.6) is 0 Å². The molecule has 0 radical (unpaired) electrons. The number of rotatable bonds is 14. The number of fused-ring (bicyclic) bond motifs is 2. The Balaban J connectivity index is 0.963. The highest BCUT2D eigenvalue weighted by Gasteiger charge is 2.36. The van der Waals surface area contributed by atoms with Crippen LogP contribution in [0.4, 0.5) is 24.8 Å². The standard InChI is InChI=1S/C44H43F3N8O5S2/c45-44(46,47)37-25-34(13-12-32(37)24-30(14-17-53-20-22-60-23-21-53)29-61-33-7-2-1-3-8-33)62(58,59)52-43(57)38-10-5-11-40(49-38)54-18-15-31-6-4-9-35(36(31)27-54)42(56)51-39-28-55-19-16-48-26-41(55)50-39/h1-13,16,19,25-26,28,30H,14-15,17-18,20-24,27,29H2,(H,51,56)(H,52,57)/t30-/m0/s1. The van der Waals surface area contributed by atoms with Crippen LogP contribution in [0.3, 0.4) is 0 Å². The largest absolute Gasteiger partial charge is 0.416 e. The van der Waals surface area contributed by atoms with Gasteiger partial charge in [0.1, 0.15) is 11.5 Å². The Kier molecular flexibility index (Phi) is 12.9. The van der Waals surface area contributed by atoms with Crippen LogP contribution in [0.1, 0.15) is 49.5 Å². The summed E-state index contributed by atoms with van der Waals surface area (Å²) in [5, 5.41) is 2.85. The fraction of sp³-hybridized carbons (Fsp3) is 0.295. The van der Waals surface area contributed by atoms with Crippen LogP contribution in [0.2, 0.25) is 0 Å². The van der Waals surface area contributed by atoms with Crippen molar-refractivity contribution in [3.05, 3.63) is 143 Å². The molecule has 2 N–H and O–H groups in total. The second-order valence-corrected chi connectivity index (χ2v) is 17.9. The molecular weight excluding hydrogens is 842 g/mol. The number of hydrogen-bond donors (Lipinski definition) is 2. The number of hydrogen-bond acceptors (Lipinski definition) is 11. The Bertz CT molecular complexity index is 2640. The van der Waals surface area contributed by atoms with E-state index in [0.29, 0.717) is 73.8 Å². The smallest absolute Gasteiger partial charge is 0.379 e. The van der Waals surface area contributed by atoms with Gasteiger partial charge in [0.2, 0.25) is 0 Å². The van der Waals surface area contributed by atoms with Crippen LogP contribution in [0.15, 0.2) is 120 Å². The molecule has 13 nitrogen and oxygen atoms in total. The van der Waals surface area contributed by atoms with E-state index < -0.39 is 32.6 Å². The molecule has 62 heavy (non-hydrogen) atoms. The van der Waals surface area contributed by atoms with Crippen LogP contribution >= 0.6 is 11.8 Å². The van der Waals surface area contributed by atoms with Crippen LogP contribution in [-0.4, -0.2) is 89.6 Å². The average molecular weight is 885 g/mol. The lowest BCUT2D eigenvalue weighted by atomic mass is 9.94. The number of alkyl halides is 3. The molecule has 5 heterocycles. The van der Waals surface area contributed by atoms with Gasteiger partial charge in [-0.15, -0.1) is 11.8 Å². The quantitative estimate of drug-likeness (QED) is 0.112. The van der Waals surface area contributed by atoms with Crippen molar-refractivity contribution in [1.82, 2.24) is 29.0 Å². The van der Waals surface area contributed by atoms with Crippen LogP contribution in [-0.2, 0) is 40.3 Å². The zero-order chi connectivity index (χ0) is 43.3. The zero-order valence-corrected chi connectivity index (χ0v) is 35.1. The van der Waals surface area contributed by atoms with Gasteiger partial charge in [-0.05, 0) is 90.9 Å². The Morgan fingerprint density at radius 1 is 0.919 bits per heavy atom. The van der Waals surface area contributed by atoms with Crippen molar-refractivity contribution in [3.63, 3.8) is 0 Å². The molecule has 8 rings (SSSR count). The van der Waals surface area contributed by atoms with Crippen molar-refractivity contribution in [2.45, 2.75) is 41.8 Å². The monoisotopic (exact) mass is 884 g/mol. The second kappa shape index (κ2) is 18.7. The molecular formula is C44H43F3N8O5S2. The number of carbonyl (C=O) groups is 2. The van der Waals surface area contributed by atoms with E-state index >= 15 is 0 Å². The molecule has 0 unspecified atom stereocenters. The van der Waals surface area contributed by atoms with E-state index in [1.165, 1.54) is 12.1 Å². The fourth-order valence-electron chi connectivity index (χ4n) is 7.68. The van der Waals surface area contributed by atoms with Gasteiger partial charge in [-0.2, -0.15) is 13.2 Å². The first-order chi connectivity index (χ1) is 29.9. The molecule has 0 bridgehead atoms. The molecule has 0 aliphatic carbocycles. The summed E-state index contributed by atoms with van der Waals surface area (Å²) in [4.78, 5) is 44.3. The number of ether oxygens (including phenoxy) is 1. The maximum Gasteiger partial charge on any atom is 0.416 e. The average Bonchev–Trinajstić information content (AvgIpc) is 3.69. The van der Waals surface area contributed by atoms with Crippen LogP contribution in [0.25, 0.3) is 5.65 Å². The van der Waals surface area contributed by atoms with Crippen molar-refractivity contribution in [2.75, 3.05) is 55.4 Å². The normalized spacial score (nSPS) is 15.2. The molecule has 2 aliphatic heterocycles. The lowest BCUT2D eigenvalue weighted by Gasteiger charge is -2.31. The van der Waals surface area contributed by atoms with Gasteiger partial charge in [0.25, 0.3) is 21.8 Å². The van der Waals surface area contributed by atoms with E-state index in [2.05, 4.69) is 25.2 Å². The minimum Gasteiger partial charge on any atom is -0.379 e. The first kappa shape index (κ1) is 42.9. The first-order valence-electron chi connectivity index (χ1n) is 20.1. The van der Waals surface area contributed by atoms with E-state index in [0.717, 1.165) is 35.2 Å². The molecule has 3 aromatic carbocycles. The van der Waals surface area contributed by atoms with E-state index in [4.69, 9.17) is 4.74 Å². The summed E-state index contributed by atoms with van der Waals surface area (Å²) in [6.07, 6.45) is 3.00. The van der Waals surface area contributed by atoms with Crippen molar-refractivity contribution in [1.29, 1.82) is 0 Å². The molecule has 1 fully saturated rings. The topological polar surface area (TPSA) is 151 Å². The van der Waals surface area contributed by atoms with Gasteiger partial charge in [-0.1, -0.05) is 42.5 Å². The van der Waals surface area contributed by atoms with Crippen molar-refractivity contribution in [2.24, 2.45) is 5.92 Å². The molecule has 322 valence electrons. The number of amides is 2. The number of benzene rings is 3. The van der Waals surface area contributed by atoms with Gasteiger partial charge < -0.3 is 19.4 Å². The Hall–Kier alpha value is -5.82. The van der Waals surface area contributed by atoms with Crippen LogP contribution < -0.4 is 14.9 Å². The summed E-state index contributed by atoms with van der Waals surface area (Å²) >= 11 is 1.57. The van der Waals surface area contributed by atoms with Gasteiger partial charge >= 0.3 is 6.18 Å². The Morgan fingerprint density at radius 3 is 2.52 bits per heavy atom. The number of pyridine rings is 1. The highest BCUT2D eigenvalue weighted by molar-refractivity contribution is 7.99. The summed E-state index contributed by atoms with van der Waals surface area (Å²) in [5.74, 6) is -0.351. The summed E-state index contributed by atoms with van der Waals surface area (Å²) in [7, 11) is -4.76. The highest BCUT2D eigenvalue weighted by Crippen LogP contribution is 2.36. The number of anilines is 2. The SMILES string of the molecule is O=C(NS(=O)(=O)c1ccc(C[C@H](CCN2CCOCC2)CSc2ccccc2)c(C(F)(F)F)c1)c1cccc(N2CCc3cccc(C(=O)Nc4cn5ccncc5n4)c3C2)n1. The van der Waals surface area contributed by atoms with Gasteiger partial charge in [-0.3, -0.25) is 19.5 Å². The van der Waals surface area contributed by atoms with Gasteiger partial charge in [0.05, 0.1) is 36.1 Å². The van der Waals surface area contributed by atoms with Gasteiger partial charge in [0, 0.05) is 54.8 Å². The molecule has 6 aromatic rings. The molecule has 1 saturated heterocycles. The lowest BCUT2D eigenvalue weighted by Crippen LogP contribution is -2.37. The lowest BCUT2D eigenvalue weighted by molar-refractivity contribution is -0.138. The molecule has 0 spiro atoms. The van der Waals surface area contributed by atoms with E-state index in [-0.39, 0.29) is 36.0 Å². The Labute approximate surface area is 360 Å². The molecule has 2 aliphatic rings. The Morgan fingerprint density at radius 2 is 1.73 bits per heavy atom. The van der Waals surface area contributed by atoms with Crippen molar-refractivity contribution in [3.8, 4) is 0 Å². The number of halogens is 3. The summed E-state index contributed by atoms with van der Waals surface area (Å²) < 4.78 is 80.3. The predicted octanol–water partition coefficient (Wildman–Crippen LogP) is 6.75. The van der Waals surface area contributed by atoms with E-state index in [1.807, 2.05) is 52.1 Å². The minimum atomic E-state index is -4.86. The number of sulfonamides is 1. The molecule has 1 atom stereocenters. The van der Waals surface area contributed by atoms with E-state index in [1.54, 1.807) is 59.1 Å². The fourth-order valence-corrected chi connectivity index (χ4v) is 9.72. The number of imidazole rings is 1. The maximum absolute atomic E-state index is 14.7. The third kappa shape index (κ3) is 10.3. The van der Waals surface area contributed by atoms with Crippen molar-refractivity contribution < 1.29 is 35.9 Å². The van der Waals surface area contributed by atoms with Crippen molar-refractivity contribution >= 4 is 50.9 Å². The maximum atomic E-state index is 14.7. The number of nitrogens with zero attached hydrogens (tertiary/aromatic N) is 6. The third-order valence-corrected chi connectivity index (χ3v) is 13.5. The number of thioether (sulfide) groups is 1. The third-order valence-electron chi connectivity index (χ3n) is 10.9. The summed E-state index contributed by atoms with van der Waals surface area (Å²) in [6.45, 7) is 4.17. The van der Waals surface area contributed by atoms with E-state index in [9.17, 15) is 31.2 Å².